The van der Waals surface area contributed by atoms with E-state index in [2.05, 4.69) is 10.3 Å². The molecule has 0 aliphatic carbocycles. The van der Waals surface area contributed by atoms with Gasteiger partial charge >= 0.3 is 6.09 Å². The number of halogens is 2. The van der Waals surface area contributed by atoms with Crippen LogP contribution in [0.3, 0.4) is 0 Å². The number of methoxy groups -OCH3 is 1. The Bertz CT molecular complexity index is 1210. The standard InChI is InChI=1S/C29H41F2N5O5/c1-18(2)15-34(23-14-19(17-37)16-35(28(39)40)26(23)29(3,4)5)27(38)24-22(12-7-8-13-41-6)36(33-32-24)25-20(30)10-9-11-21(25)31/h9-11,17-19,23,26H,7-8,12-16H2,1-6H3,(H,39,40)/t19-,23+,26?/m1/s1. The Kier molecular flexibility index (Phi) is 10.6. The van der Waals surface area contributed by atoms with Crippen LogP contribution in [0.25, 0.3) is 5.69 Å². The highest BCUT2D eigenvalue weighted by atomic mass is 19.1. The Balaban J connectivity index is 2.16. The fourth-order valence-corrected chi connectivity index (χ4v) is 5.73. The van der Waals surface area contributed by atoms with Crippen LogP contribution < -0.4 is 0 Å². The van der Waals surface area contributed by atoms with Gasteiger partial charge in [0.05, 0.1) is 17.8 Å². The summed E-state index contributed by atoms with van der Waals surface area (Å²) in [5, 5.41) is 18.2. The van der Waals surface area contributed by atoms with Crippen LogP contribution in [0, 0.1) is 28.9 Å². The maximum absolute atomic E-state index is 14.8. The van der Waals surface area contributed by atoms with E-state index in [1.54, 1.807) is 12.0 Å². The van der Waals surface area contributed by atoms with Gasteiger partial charge in [-0.2, -0.15) is 0 Å². The molecular weight excluding hydrogens is 536 g/mol. The molecule has 0 bridgehead atoms. The molecule has 0 radical (unpaired) electrons. The lowest BCUT2D eigenvalue weighted by atomic mass is 9.74. The van der Waals surface area contributed by atoms with Crippen LogP contribution in [0.4, 0.5) is 13.6 Å². The summed E-state index contributed by atoms with van der Waals surface area (Å²) in [7, 11) is 1.57. The molecule has 0 spiro atoms. The molecule has 2 amide bonds. The topological polar surface area (TPSA) is 118 Å². The molecule has 1 aliphatic heterocycles. The van der Waals surface area contributed by atoms with Gasteiger partial charge < -0.3 is 24.4 Å². The van der Waals surface area contributed by atoms with Crippen molar-refractivity contribution in [1.29, 1.82) is 0 Å². The van der Waals surface area contributed by atoms with Crippen LogP contribution >= 0.6 is 0 Å². The van der Waals surface area contributed by atoms with Crippen molar-refractivity contribution in [2.75, 3.05) is 26.8 Å². The summed E-state index contributed by atoms with van der Waals surface area (Å²) in [6.45, 7) is 10.3. The molecule has 1 aromatic heterocycles. The van der Waals surface area contributed by atoms with Crippen molar-refractivity contribution >= 4 is 18.3 Å². The van der Waals surface area contributed by atoms with Crippen molar-refractivity contribution in [3.05, 3.63) is 41.2 Å². The number of piperidine rings is 1. The second kappa shape index (κ2) is 13.5. The smallest absolute Gasteiger partial charge is 0.407 e. The summed E-state index contributed by atoms with van der Waals surface area (Å²) >= 11 is 0. The maximum atomic E-state index is 14.8. The van der Waals surface area contributed by atoms with Gasteiger partial charge in [-0.25, -0.2) is 18.3 Å². The average molecular weight is 578 g/mol. The Labute approximate surface area is 239 Å². The highest BCUT2D eigenvalue weighted by molar-refractivity contribution is 5.94. The molecular formula is C29H41F2N5O5. The van der Waals surface area contributed by atoms with Gasteiger partial charge in [0, 0.05) is 32.7 Å². The predicted octanol–water partition coefficient (Wildman–Crippen LogP) is 4.59. The van der Waals surface area contributed by atoms with Crippen LogP contribution in [0.2, 0.25) is 0 Å². The van der Waals surface area contributed by atoms with E-state index in [0.717, 1.165) is 23.1 Å². The number of rotatable bonds is 11. The molecule has 12 heteroatoms. The van der Waals surface area contributed by atoms with E-state index >= 15 is 0 Å². The minimum Gasteiger partial charge on any atom is -0.465 e. The highest BCUT2D eigenvalue weighted by Gasteiger charge is 2.48. The first kappa shape index (κ1) is 32.1. The number of carbonyl (C=O) groups is 3. The summed E-state index contributed by atoms with van der Waals surface area (Å²) in [6, 6.07) is 2.19. The van der Waals surface area contributed by atoms with Crippen molar-refractivity contribution < 1.29 is 33.0 Å². The first-order chi connectivity index (χ1) is 19.3. The monoisotopic (exact) mass is 577 g/mol. The second-order valence-corrected chi connectivity index (χ2v) is 12.1. The molecule has 10 nitrogen and oxygen atoms in total. The van der Waals surface area contributed by atoms with E-state index in [4.69, 9.17) is 4.74 Å². The molecule has 1 aliphatic rings. The van der Waals surface area contributed by atoms with E-state index in [0.29, 0.717) is 19.4 Å². The lowest BCUT2D eigenvalue weighted by molar-refractivity contribution is -0.115. The number of ether oxygens (including phenoxy) is 1. The Hall–Kier alpha value is -3.41. The van der Waals surface area contributed by atoms with Crippen LogP contribution in [0.5, 0.6) is 0 Å². The Morgan fingerprint density at radius 3 is 2.41 bits per heavy atom. The SMILES string of the molecule is COCCCCc1c(C(=O)N(CC(C)C)[C@H]2C[C@@H](C=O)CN(C(=O)O)C2C(C)(C)C)nnn1-c1c(F)cccc1F. The van der Waals surface area contributed by atoms with Crippen LogP contribution in [-0.2, 0) is 16.0 Å². The number of unbranched alkanes of at least 4 members (excludes halogenated alkanes) is 1. The first-order valence-electron chi connectivity index (χ1n) is 13.9. The van der Waals surface area contributed by atoms with Gasteiger partial charge in [0.1, 0.15) is 12.0 Å². The van der Waals surface area contributed by atoms with Gasteiger partial charge in [0.2, 0.25) is 0 Å². The molecule has 3 atom stereocenters. The lowest BCUT2D eigenvalue weighted by Gasteiger charge is -2.51. The van der Waals surface area contributed by atoms with Crippen molar-refractivity contribution in [2.45, 2.75) is 72.4 Å². The molecule has 0 saturated carbocycles. The number of nitrogens with zero attached hydrogens (tertiary/aromatic N) is 5. The number of benzene rings is 1. The minimum atomic E-state index is -1.17. The summed E-state index contributed by atoms with van der Waals surface area (Å²) < 4.78 is 35.8. The minimum absolute atomic E-state index is 0.0151. The molecule has 1 saturated heterocycles. The largest absolute Gasteiger partial charge is 0.465 e. The molecule has 41 heavy (non-hydrogen) atoms. The second-order valence-electron chi connectivity index (χ2n) is 12.1. The summed E-state index contributed by atoms with van der Waals surface area (Å²) in [5.41, 5.74) is -0.828. The molecule has 1 fully saturated rings. The number of hydrogen-bond donors (Lipinski definition) is 1. The normalized spacial score (nSPS) is 19.4. The number of aldehydes is 1. The zero-order valence-corrected chi connectivity index (χ0v) is 24.6. The fourth-order valence-electron chi connectivity index (χ4n) is 5.73. The maximum Gasteiger partial charge on any atom is 0.407 e. The van der Waals surface area contributed by atoms with E-state index in [1.807, 2.05) is 34.6 Å². The van der Waals surface area contributed by atoms with E-state index in [-0.39, 0.29) is 43.2 Å². The third-order valence-corrected chi connectivity index (χ3v) is 7.35. The quantitative estimate of drug-likeness (QED) is 0.307. The van der Waals surface area contributed by atoms with E-state index in [1.165, 1.54) is 11.0 Å². The fraction of sp³-hybridized carbons (Fsp3) is 0.621. The third-order valence-electron chi connectivity index (χ3n) is 7.35. The number of carboxylic acid groups (broad SMARTS) is 1. The van der Waals surface area contributed by atoms with Gasteiger partial charge in [0.15, 0.2) is 17.3 Å². The summed E-state index contributed by atoms with van der Waals surface area (Å²) in [6.07, 6.45) is 1.25. The number of amides is 2. The van der Waals surface area contributed by atoms with Crippen molar-refractivity contribution in [2.24, 2.45) is 17.3 Å². The number of likely N-dealkylation sites (tertiary alicyclic amines) is 1. The molecule has 1 aromatic carbocycles. The van der Waals surface area contributed by atoms with E-state index in [9.17, 15) is 28.3 Å². The third kappa shape index (κ3) is 7.27. The summed E-state index contributed by atoms with van der Waals surface area (Å²) in [5.74, 6) is -2.85. The molecule has 2 aromatic rings. The van der Waals surface area contributed by atoms with Gasteiger partial charge in [-0.05, 0) is 49.1 Å². The number of carbonyl (C=O) groups excluding carboxylic acids is 2. The van der Waals surface area contributed by atoms with Gasteiger partial charge in [-0.15, -0.1) is 5.10 Å². The van der Waals surface area contributed by atoms with Crippen LogP contribution in [0.15, 0.2) is 18.2 Å². The van der Waals surface area contributed by atoms with Crippen LogP contribution in [-0.4, -0.2) is 87.1 Å². The number of para-hydroxylation sites is 1. The van der Waals surface area contributed by atoms with Gasteiger partial charge in [-0.3, -0.25) is 4.79 Å². The van der Waals surface area contributed by atoms with E-state index < -0.39 is 52.7 Å². The molecule has 2 heterocycles. The summed E-state index contributed by atoms with van der Waals surface area (Å²) in [4.78, 5) is 41.5. The van der Waals surface area contributed by atoms with Crippen molar-refractivity contribution in [3.63, 3.8) is 0 Å². The zero-order chi connectivity index (χ0) is 30.5. The molecule has 1 N–H and O–H groups in total. The Morgan fingerprint density at radius 2 is 1.88 bits per heavy atom. The molecule has 1 unspecified atom stereocenters. The predicted molar refractivity (Wildman–Crippen MR) is 148 cm³/mol. The lowest BCUT2D eigenvalue weighted by Crippen LogP contribution is -2.65. The van der Waals surface area contributed by atoms with Gasteiger partial charge in [0.25, 0.3) is 5.91 Å². The van der Waals surface area contributed by atoms with Crippen molar-refractivity contribution in [3.8, 4) is 5.69 Å². The van der Waals surface area contributed by atoms with Crippen LogP contribution in [0.1, 0.15) is 70.1 Å². The zero-order valence-electron chi connectivity index (χ0n) is 24.6. The molecule has 226 valence electrons. The average Bonchev–Trinajstić information content (AvgIpc) is 3.31. The highest BCUT2D eigenvalue weighted by Crippen LogP contribution is 2.37. The number of hydrogen-bond acceptors (Lipinski definition) is 6. The Morgan fingerprint density at radius 1 is 1.22 bits per heavy atom. The number of aromatic nitrogens is 3. The van der Waals surface area contributed by atoms with Gasteiger partial charge in [-0.1, -0.05) is 45.9 Å². The first-order valence-corrected chi connectivity index (χ1v) is 13.9. The van der Waals surface area contributed by atoms with Crippen molar-refractivity contribution in [1.82, 2.24) is 24.8 Å². The molecule has 3 rings (SSSR count).